The van der Waals surface area contributed by atoms with Crippen molar-refractivity contribution in [1.29, 1.82) is 0 Å². The Balaban J connectivity index is 2.53. The summed E-state index contributed by atoms with van der Waals surface area (Å²) in [5.74, 6) is 0.767. The minimum Gasteiger partial charge on any atom is -0.496 e. The quantitative estimate of drug-likeness (QED) is 0.361. The van der Waals surface area contributed by atoms with Crippen LogP contribution in [-0.4, -0.2) is 25.0 Å². The van der Waals surface area contributed by atoms with E-state index in [0.717, 1.165) is 11.3 Å². The summed E-state index contributed by atoms with van der Waals surface area (Å²) >= 11 is 4.98. The Bertz CT molecular complexity index is 418. The van der Waals surface area contributed by atoms with Crippen LogP contribution in [0.1, 0.15) is 5.56 Å². The van der Waals surface area contributed by atoms with Crippen LogP contribution in [0, 0.1) is 0 Å². The molecular formula is C12H15N3OS. The average molecular weight is 249 g/mol. The van der Waals surface area contributed by atoms with Crippen LogP contribution >= 0.6 is 12.2 Å². The van der Waals surface area contributed by atoms with Gasteiger partial charge in [-0.05, 0) is 24.4 Å². The molecule has 0 fully saturated rings. The van der Waals surface area contributed by atoms with Crippen molar-refractivity contribution in [2.45, 2.75) is 0 Å². The van der Waals surface area contributed by atoms with Gasteiger partial charge >= 0.3 is 0 Å². The van der Waals surface area contributed by atoms with Gasteiger partial charge in [0.1, 0.15) is 5.75 Å². The third-order valence-corrected chi connectivity index (χ3v) is 2.15. The lowest BCUT2D eigenvalue weighted by molar-refractivity contribution is 0.414. The average Bonchev–Trinajstić information content (AvgIpc) is 2.37. The molecule has 1 aromatic rings. The molecule has 1 aromatic carbocycles. The van der Waals surface area contributed by atoms with E-state index in [-0.39, 0.29) is 0 Å². The van der Waals surface area contributed by atoms with Crippen LogP contribution in [0.2, 0.25) is 0 Å². The van der Waals surface area contributed by atoms with E-state index >= 15 is 0 Å². The van der Waals surface area contributed by atoms with Crippen LogP contribution in [0.25, 0.3) is 0 Å². The zero-order valence-electron chi connectivity index (χ0n) is 9.64. The van der Waals surface area contributed by atoms with E-state index in [2.05, 4.69) is 22.4 Å². The first-order chi connectivity index (χ1) is 8.27. The van der Waals surface area contributed by atoms with Crippen molar-refractivity contribution in [3.8, 4) is 5.75 Å². The van der Waals surface area contributed by atoms with Crippen molar-refractivity contribution in [2.24, 2.45) is 5.10 Å². The summed E-state index contributed by atoms with van der Waals surface area (Å²) in [6.07, 6.45) is 3.37. The molecule has 0 aliphatic rings. The standard InChI is InChI=1S/C12H15N3OS/c1-3-8-13-12(17)15-14-9-10-6-4-5-7-11(10)16-2/h3-7,9H,1,8H2,2H3,(H2,13,15,17)/b14-9+. The first-order valence-electron chi connectivity index (χ1n) is 5.08. The van der Waals surface area contributed by atoms with Gasteiger partial charge in [-0.1, -0.05) is 18.2 Å². The van der Waals surface area contributed by atoms with Gasteiger partial charge in [-0.15, -0.1) is 6.58 Å². The van der Waals surface area contributed by atoms with Crippen molar-refractivity contribution < 1.29 is 4.74 Å². The zero-order chi connectivity index (χ0) is 12.5. The van der Waals surface area contributed by atoms with Crippen LogP contribution < -0.4 is 15.5 Å². The van der Waals surface area contributed by atoms with Crippen LogP contribution in [0.3, 0.4) is 0 Å². The number of hydrazone groups is 1. The number of hydrogen-bond acceptors (Lipinski definition) is 3. The molecule has 0 amide bonds. The molecule has 0 unspecified atom stereocenters. The number of ether oxygens (including phenoxy) is 1. The maximum absolute atomic E-state index is 5.19. The number of nitrogens with one attached hydrogen (secondary N) is 2. The molecule has 0 spiro atoms. The zero-order valence-corrected chi connectivity index (χ0v) is 10.5. The van der Waals surface area contributed by atoms with Gasteiger partial charge in [-0.3, -0.25) is 5.43 Å². The molecule has 0 bridgehead atoms. The Labute approximate surface area is 106 Å². The van der Waals surface area contributed by atoms with E-state index < -0.39 is 0 Å². The molecule has 0 saturated heterocycles. The van der Waals surface area contributed by atoms with Gasteiger partial charge in [0.25, 0.3) is 0 Å². The lowest BCUT2D eigenvalue weighted by Gasteiger charge is -2.05. The molecule has 0 aliphatic carbocycles. The van der Waals surface area contributed by atoms with Gasteiger partial charge in [-0.2, -0.15) is 5.10 Å². The minimum atomic E-state index is 0.455. The second kappa shape index (κ2) is 7.40. The summed E-state index contributed by atoms with van der Waals surface area (Å²) in [5, 5.41) is 7.37. The van der Waals surface area contributed by atoms with Gasteiger partial charge < -0.3 is 10.1 Å². The lowest BCUT2D eigenvalue weighted by atomic mass is 10.2. The maximum atomic E-state index is 5.19. The van der Waals surface area contributed by atoms with E-state index in [9.17, 15) is 0 Å². The number of thiocarbonyl (C=S) groups is 1. The summed E-state index contributed by atoms with van der Waals surface area (Å²) in [7, 11) is 1.62. The fourth-order valence-corrected chi connectivity index (χ4v) is 1.27. The summed E-state index contributed by atoms with van der Waals surface area (Å²) in [5.41, 5.74) is 3.59. The van der Waals surface area contributed by atoms with Gasteiger partial charge in [0.2, 0.25) is 0 Å². The highest BCUT2D eigenvalue weighted by atomic mass is 32.1. The Morgan fingerprint density at radius 2 is 2.29 bits per heavy atom. The predicted octanol–water partition coefficient (Wildman–Crippen LogP) is 1.68. The van der Waals surface area contributed by atoms with Crippen LogP contribution in [0.4, 0.5) is 0 Å². The van der Waals surface area contributed by atoms with Crippen molar-refractivity contribution >= 4 is 23.5 Å². The Hall–Kier alpha value is -1.88. The SMILES string of the molecule is C=CCNC(=S)N/N=C/c1ccccc1OC. The van der Waals surface area contributed by atoms with E-state index in [1.54, 1.807) is 19.4 Å². The summed E-state index contributed by atoms with van der Waals surface area (Å²) in [6.45, 7) is 4.19. The number of rotatable bonds is 5. The number of benzene rings is 1. The second-order valence-corrected chi connectivity index (χ2v) is 3.52. The molecule has 1 rings (SSSR count). The monoisotopic (exact) mass is 249 g/mol. The Kier molecular flexibility index (Phi) is 5.74. The highest BCUT2D eigenvalue weighted by Crippen LogP contribution is 2.14. The minimum absolute atomic E-state index is 0.455. The smallest absolute Gasteiger partial charge is 0.187 e. The van der Waals surface area contributed by atoms with Gasteiger partial charge in [0.15, 0.2) is 5.11 Å². The van der Waals surface area contributed by atoms with Crippen molar-refractivity contribution in [1.82, 2.24) is 10.7 Å². The molecule has 2 N–H and O–H groups in total. The Morgan fingerprint density at radius 3 is 3.00 bits per heavy atom. The predicted molar refractivity (Wildman–Crippen MR) is 74.5 cm³/mol. The molecule has 0 atom stereocenters. The van der Waals surface area contributed by atoms with Crippen LogP contribution in [0.15, 0.2) is 42.0 Å². The van der Waals surface area contributed by atoms with E-state index in [1.807, 2.05) is 24.3 Å². The number of hydrogen-bond donors (Lipinski definition) is 2. The molecule has 0 aromatic heterocycles. The maximum Gasteiger partial charge on any atom is 0.187 e. The summed E-state index contributed by atoms with van der Waals surface area (Å²) in [6, 6.07) is 7.60. The van der Waals surface area contributed by atoms with Gasteiger partial charge in [-0.25, -0.2) is 0 Å². The van der Waals surface area contributed by atoms with E-state index in [0.29, 0.717) is 11.7 Å². The molecule has 0 heterocycles. The van der Waals surface area contributed by atoms with E-state index in [1.165, 1.54) is 0 Å². The molecule has 17 heavy (non-hydrogen) atoms. The first-order valence-corrected chi connectivity index (χ1v) is 5.49. The number of nitrogens with zero attached hydrogens (tertiary/aromatic N) is 1. The fourth-order valence-electron chi connectivity index (χ4n) is 1.14. The van der Waals surface area contributed by atoms with Crippen LogP contribution in [-0.2, 0) is 0 Å². The van der Waals surface area contributed by atoms with E-state index in [4.69, 9.17) is 17.0 Å². The molecule has 0 saturated carbocycles. The molecular weight excluding hydrogens is 234 g/mol. The Morgan fingerprint density at radius 1 is 1.53 bits per heavy atom. The largest absolute Gasteiger partial charge is 0.496 e. The molecule has 0 aliphatic heterocycles. The first kappa shape index (κ1) is 13.2. The normalized spacial score (nSPS) is 9.94. The van der Waals surface area contributed by atoms with Crippen molar-refractivity contribution in [2.75, 3.05) is 13.7 Å². The summed E-state index contributed by atoms with van der Waals surface area (Å²) < 4.78 is 5.19. The lowest BCUT2D eigenvalue weighted by Crippen LogP contribution is -2.31. The third kappa shape index (κ3) is 4.65. The second-order valence-electron chi connectivity index (χ2n) is 3.11. The third-order valence-electron chi connectivity index (χ3n) is 1.92. The topological polar surface area (TPSA) is 45.7 Å². The molecule has 0 radical (unpaired) electrons. The van der Waals surface area contributed by atoms with Crippen molar-refractivity contribution in [3.05, 3.63) is 42.5 Å². The molecule has 4 nitrogen and oxygen atoms in total. The summed E-state index contributed by atoms with van der Waals surface area (Å²) in [4.78, 5) is 0. The number of methoxy groups -OCH3 is 1. The fraction of sp³-hybridized carbons (Fsp3) is 0.167. The van der Waals surface area contributed by atoms with Gasteiger partial charge in [0.05, 0.1) is 13.3 Å². The highest BCUT2D eigenvalue weighted by Gasteiger charge is 1.97. The molecule has 5 heteroatoms. The highest BCUT2D eigenvalue weighted by molar-refractivity contribution is 7.80. The van der Waals surface area contributed by atoms with Gasteiger partial charge in [0, 0.05) is 12.1 Å². The van der Waals surface area contributed by atoms with Crippen LogP contribution in [0.5, 0.6) is 5.75 Å². The van der Waals surface area contributed by atoms with Crippen molar-refractivity contribution in [3.63, 3.8) is 0 Å². The molecule has 90 valence electrons. The number of para-hydroxylation sites is 1.